The van der Waals surface area contributed by atoms with Crippen LogP contribution in [0.3, 0.4) is 0 Å². The molecule has 1 saturated heterocycles. The number of pyridine rings is 1. The molecule has 1 aromatic heterocycles. The molecular weight excluding hydrogens is 455 g/mol. The minimum absolute atomic E-state index is 0.0616. The number of fused-ring (bicyclic) bond motifs is 1. The van der Waals surface area contributed by atoms with Crippen LogP contribution in [0.4, 0.5) is 4.39 Å². The van der Waals surface area contributed by atoms with Crippen molar-refractivity contribution in [3.63, 3.8) is 0 Å². The molecule has 4 rings (SSSR count). The number of hydrogen-bond acceptors (Lipinski definition) is 8. The van der Waals surface area contributed by atoms with Crippen molar-refractivity contribution in [2.24, 2.45) is 0 Å². The second kappa shape index (κ2) is 10.8. The lowest BCUT2D eigenvalue weighted by atomic mass is 9.94. The number of nitriles is 1. The quantitative estimate of drug-likeness (QED) is 0.549. The van der Waals surface area contributed by atoms with E-state index in [0.29, 0.717) is 38.0 Å². The zero-order chi connectivity index (χ0) is 24.9. The maximum Gasteiger partial charge on any atom is 0.338 e. The van der Waals surface area contributed by atoms with Gasteiger partial charge >= 0.3 is 5.97 Å². The van der Waals surface area contributed by atoms with Gasteiger partial charge in [0.15, 0.2) is 0 Å². The van der Waals surface area contributed by atoms with Crippen molar-refractivity contribution in [1.29, 1.82) is 5.26 Å². The summed E-state index contributed by atoms with van der Waals surface area (Å²) in [5, 5.41) is 22.9. The number of nitrogens with zero attached hydrogens (tertiary/aromatic N) is 3. The summed E-state index contributed by atoms with van der Waals surface area (Å²) in [4.78, 5) is 30.6. The number of aliphatic hydroxyl groups excluding tert-OH is 1. The number of likely N-dealkylation sites (tertiary alicyclic amines) is 1. The molecule has 1 fully saturated rings. The van der Waals surface area contributed by atoms with Gasteiger partial charge in [-0.3, -0.25) is 4.79 Å². The molecule has 10 heteroatoms. The predicted molar refractivity (Wildman–Crippen MR) is 123 cm³/mol. The Bertz CT molecular complexity index is 1160. The fourth-order valence-corrected chi connectivity index (χ4v) is 4.50. The molecule has 0 aliphatic carbocycles. The van der Waals surface area contributed by atoms with E-state index in [1.807, 2.05) is 13.0 Å². The van der Waals surface area contributed by atoms with Crippen LogP contribution in [0.1, 0.15) is 62.0 Å². The molecule has 0 spiro atoms. The maximum atomic E-state index is 12.7. The molecule has 1 aromatic carbocycles. The molecule has 2 aliphatic heterocycles. The van der Waals surface area contributed by atoms with Gasteiger partial charge < -0.3 is 24.8 Å². The number of halogens is 1. The zero-order valence-corrected chi connectivity index (χ0v) is 19.4. The minimum atomic E-state index is -0.706. The van der Waals surface area contributed by atoms with Crippen molar-refractivity contribution in [2.75, 3.05) is 32.9 Å². The maximum absolute atomic E-state index is 12.7. The Morgan fingerprint density at radius 2 is 2.20 bits per heavy atom. The molecule has 0 radical (unpaired) electrons. The van der Waals surface area contributed by atoms with Crippen LogP contribution in [0.2, 0.25) is 0 Å². The predicted octanol–water partition coefficient (Wildman–Crippen LogP) is 2.21. The van der Waals surface area contributed by atoms with Gasteiger partial charge in [0, 0.05) is 43.5 Å². The van der Waals surface area contributed by atoms with Crippen LogP contribution >= 0.6 is 0 Å². The second-order valence-electron chi connectivity index (χ2n) is 8.66. The second-order valence-corrected chi connectivity index (χ2v) is 8.66. The SMILES string of the molecule is Cc1c([C@@H](O)CN2CCC(NC(=O)c3cc(OCCF)c(C#N)cn3)CC2)ccc2c1COC2=O. The standard InChI is InChI=1S/C25H27FN4O5/c1-15-18(2-3-19-20(15)14-35-25(19)33)22(31)13-30-7-4-17(5-8-30)29-24(32)21-10-23(34-9-6-26)16(11-27)12-28-21/h2-3,10,12,17,22,31H,4-9,13-14H2,1H3,(H,29,32)/t22-/m0/s1. The first-order valence-electron chi connectivity index (χ1n) is 11.5. The first-order valence-corrected chi connectivity index (χ1v) is 11.5. The number of rotatable bonds is 8. The summed E-state index contributed by atoms with van der Waals surface area (Å²) < 4.78 is 22.7. The summed E-state index contributed by atoms with van der Waals surface area (Å²) in [5.74, 6) is -0.580. The molecule has 3 heterocycles. The van der Waals surface area contributed by atoms with Crippen molar-refractivity contribution in [3.8, 4) is 11.8 Å². The summed E-state index contributed by atoms with van der Waals surface area (Å²) in [6, 6.07) is 6.70. The van der Waals surface area contributed by atoms with Gasteiger partial charge in [-0.15, -0.1) is 0 Å². The highest BCUT2D eigenvalue weighted by Gasteiger charge is 2.28. The van der Waals surface area contributed by atoms with Gasteiger partial charge in [-0.05, 0) is 37.0 Å². The molecule has 0 bridgehead atoms. The third-order valence-electron chi connectivity index (χ3n) is 6.47. The van der Waals surface area contributed by atoms with E-state index < -0.39 is 12.8 Å². The van der Waals surface area contributed by atoms with Crippen molar-refractivity contribution >= 4 is 11.9 Å². The van der Waals surface area contributed by atoms with Gasteiger partial charge in [-0.25, -0.2) is 14.2 Å². The Morgan fingerprint density at radius 3 is 2.91 bits per heavy atom. The fourth-order valence-electron chi connectivity index (χ4n) is 4.50. The highest BCUT2D eigenvalue weighted by atomic mass is 19.1. The topological polar surface area (TPSA) is 125 Å². The number of esters is 1. The largest absolute Gasteiger partial charge is 0.489 e. The summed E-state index contributed by atoms with van der Waals surface area (Å²) in [5.41, 5.74) is 3.31. The van der Waals surface area contributed by atoms with E-state index in [1.54, 1.807) is 12.1 Å². The Balaban J connectivity index is 1.30. The molecule has 2 aromatic rings. The van der Waals surface area contributed by atoms with E-state index in [2.05, 4.69) is 15.2 Å². The Kier molecular flexibility index (Phi) is 7.58. The van der Waals surface area contributed by atoms with Crippen LogP contribution in [-0.2, 0) is 11.3 Å². The number of alkyl halides is 1. The first-order chi connectivity index (χ1) is 16.9. The number of piperidine rings is 1. The number of aromatic nitrogens is 1. The minimum Gasteiger partial charge on any atom is -0.489 e. The highest BCUT2D eigenvalue weighted by Crippen LogP contribution is 2.30. The molecule has 2 N–H and O–H groups in total. The van der Waals surface area contributed by atoms with Gasteiger partial charge in [0.05, 0.1) is 11.7 Å². The highest BCUT2D eigenvalue weighted by molar-refractivity contribution is 5.94. The molecule has 0 unspecified atom stereocenters. The monoisotopic (exact) mass is 482 g/mol. The number of ether oxygens (including phenoxy) is 2. The molecule has 184 valence electrons. The normalized spacial score (nSPS) is 16.8. The Labute approximate surface area is 202 Å². The lowest BCUT2D eigenvalue weighted by Crippen LogP contribution is -2.45. The number of aliphatic hydroxyl groups is 1. The van der Waals surface area contributed by atoms with Crippen molar-refractivity contribution in [3.05, 3.63) is 57.9 Å². The summed E-state index contributed by atoms with van der Waals surface area (Å²) in [7, 11) is 0. The summed E-state index contributed by atoms with van der Waals surface area (Å²) >= 11 is 0. The molecular formula is C25H27FN4O5. The van der Waals surface area contributed by atoms with Crippen LogP contribution < -0.4 is 10.1 Å². The lowest BCUT2D eigenvalue weighted by molar-refractivity contribution is 0.0534. The molecule has 35 heavy (non-hydrogen) atoms. The van der Waals surface area contributed by atoms with Crippen LogP contribution in [-0.4, -0.2) is 65.8 Å². The van der Waals surface area contributed by atoms with Gasteiger partial charge in [0.2, 0.25) is 0 Å². The number of β-amino-alcohol motifs (C(OH)–C–C–N with tert-alkyl or cyclic N) is 1. The number of hydrogen-bond donors (Lipinski definition) is 2. The number of cyclic esters (lactones) is 1. The Morgan fingerprint density at radius 1 is 1.43 bits per heavy atom. The Hall–Kier alpha value is -3.55. The third-order valence-corrected chi connectivity index (χ3v) is 6.47. The summed E-state index contributed by atoms with van der Waals surface area (Å²) in [6.07, 6.45) is 1.94. The van der Waals surface area contributed by atoms with Crippen molar-refractivity contribution in [1.82, 2.24) is 15.2 Å². The van der Waals surface area contributed by atoms with Gasteiger partial charge in [0.25, 0.3) is 5.91 Å². The van der Waals surface area contributed by atoms with E-state index in [0.717, 1.165) is 16.7 Å². The average Bonchev–Trinajstić information content (AvgIpc) is 3.25. The molecule has 1 amide bonds. The molecule has 0 saturated carbocycles. The zero-order valence-electron chi connectivity index (χ0n) is 19.4. The average molecular weight is 483 g/mol. The van der Waals surface area contributed by atoms with Gasteiger partial charge in [-0.1, -0.05) is 6.07 Å². The van der Waals surface area contributed by atoms with Crippen LogP contribution in [0.25, 0.3) is 0 Å². The van der Waals surface area contributed by atoms with Crippen LogP contribution in [0.15, 0.2) is 24.4 Å². The number of amides is 1. The number of benzene rings is 1. The number of carbonyl (C=O) groups excluding carboxylic acids is 2. The van der Waals surface area contributed by atoms with Crippen molar-refractivity contribution < 1.29 is 28.6 Å². The van der Waals surface area contributed by atoms with E-state index in [-0.39, 0.29) is 48.1 Å². The molecule has 9 nitrogen and oxygen atoms in total. The fraction of sp³-hybridized carbons (Fsp3) is 0.440. The van der Waals surface area contributed by atoms with Gasteiger partial charge in [-0.2, -0.15) is 5.26 Å². The number of nitrogens with one attached hydrogen (secondary N) is 1. The summed E-state index contributed by atoms with van der Waals surface area (Å²) in [6.45, 7) is 3.05. The molecule has 1 atom stereocenters. The van der Waals surface area contributed by atoms with E-state index >= 15 is 0 Å². The first kappa shape index (κ1) is 24.6. The third kappa shape index (κ3) is 5.42. The van der Waals surface area contributed by atoms with E-state index in [1.165, 1.54) is 12.3 Å². The van der Waals surface area contributed by atoms with Crippen molar-refractivity contribution in [2.45, 2.75) is 38.5 Å². The van der Waals surface area contributed by atoms with Gasteiger partial charge in [0.1, 0.15) is 43.0 Å². The lowest BCUT2D eigenvalue weighted by Gasteiger charge is -2.33. The smallest absolute Gasteiger partial charge is 0.338 e. The molecule has 2 aliphatic rings. The van der Waals surface area contributed by atoms with Crippen LogP contribution in [0, 0.1) is 18.3 Å². The van der Waals surface area contributed by atoms with E-state index in [4.69, 9.17) is 14.7 Å². The van der Waals surface area contributed by atoms with E-state index in [9.17, 15) is 19.1 Å². The number of carbonyl (C=O) groups is 2. The van der Waals surface area contributed by atoms with Crippen LogP contribution in [0.5, 0.6) is 5.75 Å².